The standard InChI is InChI=1S/C21H30FN3O3/c1-21(5-6-21)20(27)23-7-10-25-8-3-15(4-9-25)14-24-19(26)16-11-17(22)13-18(12-16)28-2/h11-13,15H,3-10,14H2,1-2H3,(H,23,27)(H,24,26). The summed E-state index contributed by atoms with van der Waals surface area (Å²) in [7, 11) is 1.45. The average Bonchev–Trinajstić information content (AvgIpc) is 3.45. The molecule has 0 radical (unpaired) electrons. The molecule has 1 aromatic rings. The molecule has 0 unspecified atom stereocenters. The quantitative estimate of drug-likeness (QED) is 0.713. The van der Waals surface area contributed by atoms with E-state index in [1.54, 1.807) is 0 Å². The lowest BCUT2D eigenvalue weighted by Crippen LogP contribution is -2.42. The van der Waals surface area contributed by atoms with E-state index in [1.807, 2.05) is 6.92 Å². The molecule has 1 aromatic carbocycles. The van der Waals surface area contributed by atoms with Crippen LogP contribution in [0, 0.1) is 17.2 Å². The molecular formula is C21H30FN3O3. The summed E-state index contributed by atoms with van der Waals surface area (Å²) in [5, 5.41) is 5.94. The van der Waals surface area contributed by atoms with E-state index in [1.165, 1.54) is 25.3 Å². The molecule has 154 valence electrons. The van der Waals surface area contributed by atoms with Gasteiger partial charge in [0, 0.05) is 36.7 Å². The summed E-state index contributed by atoms with van der Waals surface area (Å²) in [6.07, 6.45) is 3.99. The predicted octanol–water partition coefficient (Wildman–Crippen LogP) is 2.19. The molecule has 2 N–H and O–H groups in total. The highest BCUT2D eigenvalue weighted by Crippen LogP contribution is 2.44. The van der Waals surface area contributed by atoms with E-state index in [-0.39, 0.29) is 22.8 Å². The number of nitrogens with zero attached hydrogens (tertiary/aromatic N) is 1. The summed E-state index contributed by atoms with van der Waals surface area (Å²) >= 11 is 0. The number of piperidine rings is 1. The predicted molar refractivity (Wildman–Crippen MR) is 105 cm³/mol. The Labute approximate surface area is 165 Å². The molecule has 2 aliphatic rings. The first-order chi connectivity index (χ1) is 13.4. The molecule has 1 saturated carbocycles. The Morgan fingerprint density at radius 1 is 1.21 bits per heavy atom. The zero-order valence-corrected chi connectivity index (χ0v) is 16.7. The van der Waals surface area contributed by atoms with E-state index in [4.69, 9.17) is 4.74 Å². The lowest BCUT2D eigenvalue weighted by Gasteiger charge is -2.32. The maximum atomic E-state index is 13.5. The number of amides is 2. The zero-order valence-electron chi connectivity index (χ0n) is 16.7. The molecule has 0 aromatic heterocycles. The maximum absolute atomic E-state index is 13.5. The second-order valence-electron chi connectivity index (χ2n) is 8.19. The zero-order chi connectivity index (χ0) is 20.1. The first-order valence-corrected chi connectivity index (χ1v) is 10.0. The topological polar surface area (TPSA) is 70.7 Å². The van der Waals surface area contributed by atoms with E-state index in [0.717, 1.165) is 45.3 Å². The van der Waals surface area contributed by atoms with Crippen LogP contribution in [0.1, 0.15) is 43.0 Å². The summed E-state index contributed by atoms with van der Waals surface area (Å²) < 4.78 is 18.6. The van der Waals surface area contributed by atoms with Crippen LogP contribution in [0.15, 0.2) is 18.2 Å². The van der Waals surface area contributed by atoms with Gasteiger partial charge in [0.15, 0.2) is 0 Å². The molecule has 1 heterocycles. The number of carbonyl (C=O) groups is 2. The number of ether oxygens (including phenoxy) is 1. The Kier molecular flexibility index (Phi) is 6.54. The van der Waals surface area contributed by atoms with Crippen molar-refractivity contribution in [2.24, 2.45) is 11.3 Å². The summed E-state index contributed by atoms with van der Waals surface area (Å²) in [6.45, 7) is 6.08. The van der Waals surface area contributed by atoms with Crippen LogP contribution in [0.25, 0.3) is 0 Å². The second kappa shape index (κ2) is 8.90. The Bertz CT molecular complexity index is 713. The van der Waals surface area contributed by atoms with Gasteiger partial charge in [0.05, 0.1) is 7.11 Å². The van der Waals surface area contributed by atoms with Crippen LogP contribution < -0.4 is 15.4 Å². The summed E-state index contributed by atoms with van der Waals surface area (Å²) in [6, 6.07) is 4.01. The van der Waals surface area contributed by atoms with Gasteiger partial charge in [-0.25, -0.2) is 4.39 Å². The first-order valence-electron chi connectivity index (χ1n) is 10.0. The van der Waals surface area contributed by atoms with Gasteiger partial charge in [-0.3, -0.25) is 9.59 Å². The van der Waals surface area contributed by atoms with Crippen molar-refractivity contribution < 1.29 is 18.7 Å². The fourth-order valence-corrected chi connectivity index (χ4v) is 3.52. The average molecular weight is 391 g/mol. The SMILES string of the molecule is COc1cc(F)cc(C(=O)NCC2CCN(CCNC(=O)C3(C)CC3)CC2)c1. The number of hydrogen-bond acceptors (Lipinski definition) is 4. The lowest BCUT2D eigenvalue weighted by molar-refractivity contribution is -0.125. The third kappa shape index (κ3) is 5.44. The van der Waals surface area contributed by atoms with Crippen LogP contribution in [0.3, 0.4) is 0 Å². The van der Waals surface area contributed by atoms with Crippen molar-refractivity contribution in [1.82, 2.24) is 15.5 Å². The van der Waals surface area contributed by atoms with Crippen LogP contribution in [0.5, 0.6) is 5.75 Å². The molecule has 0 spiro atoms. The maximum Gasteiger partial charge on any atom is 0.251 e. The number of benzene rings is 1. The molecule has 1 aliphatic heterocycles. The van der Waals surface area contributed by atoms with Crippen molar-refractivity contribution in [3.05, 3.63) is 29.6 Å². The lowest BCUT2D eigenvalue weighted by atomic mass is 9.96. The Hall–Kier alpha value is -2.15. The summed E-state index contributed by atoms with van der Waals surface area (Å²) in [4.78, 5) is 26.6. The highest BCUT2D eigenvalue weighted by Gasteiger charge is 2.44. The van der Waals surface area contributed by atoms with Crippen molar-refractivity contribution in [2.75, 3.05) is 39.8 Å². The Morgan fingerprint density at radius 2 is 1.93 bits per heavy atom. The number of hydrogen-bond donors (Lipinski definition) is 2. The third-order valence-corrected chi connectivity index (χ3v) is 5.89. The van der Waals surface area contributed by atoms with Crippen molar-refractivity contribution in [3.63, 3.8) is 0 Å². The fourth-order valence-electron chi connectivity index (χ4n) is 3.52. The molecule has 1 aliphatic carbocycles. The van der Waals surface area contributed by atoms with E-state index < -0.39 is 5.82 Å². The monoisotopic (exact) mass is 391 g/mol. The van der Waals surface area contributed by atoms with Gasteiger partial charge in [0.2, 0.25) is 5.91 Å². The van der Waals surface area contributed by atoms with E-state index in [9.17, 15) is 14.0 Å². The normalized spacial score (nSPS) is 19.1. The Morgan fingerprint density at radius 3 is 2.57 bits per heavy atom. The van der Waals surface area contributed by atoms with E-state index in [0.29, 0.717) is 24.8 Å². The molecule has 7 heteroatoms. The minimum atomic E-state index is -0.486. The van der Waals surface area contributed by atoms with Gasteiger partial charge in [-0.05, 0) is 56.8 Å². The van der Waals surface area contributed by atoms with E-state index >= 15 is 0 Å². The number of carbonyl (C=O) groups excluding carboxylic acids is 2. The summed E-state index contributed by atoms with van der Waals surface area (Å²) in [5.74, 6) is 0.160. The molecule has 3 rings (SSSR count). The van der Waals surface area contributed by atoms with E-state index in [2.05, 4.69) is 15.5 Å². The van der Waals surface area contributed by atoms with Crippen molar-refractivity contribution in [2.45, 2.75) is 32.6 Å². The largest absolute Gasteiger partial charge is 0.497 e. The van der Waals surface area contributed by atoms with Gasteiger partial charge < -0.3 is 20.3 Å². The van der Waals surface area contributed by atoms with Gasteiger partial charge in [-0.1, -0.05) is 6.92 Å². The number of halogens is 1. The molecule has 2 amide bonds. The summed E-state index contributed by atoms with van der Waals surface area (Å²) in [5.41, 5.74) is 0.158. The minimum Gasteiger partial charge on any atom is -0.497 e. The Balaban J connectivity index is 1.34. The molecule has 0 atom stereocenters. The molecule has 28 heavy (non-hydrogen) atoms. The van der Waals surface area contributed by atoms with Crippen LogP contribution in [0.2, 0.25) is 0 Å². The van der Waals surface area contributed by atoms with Crippen LogP contribution in [-0.4, -0.2) is 56.5 Å². The number of likely N-dealkylation sites (tertiary alicyclic amines) is 1. The highest BCUT2D eigenvalue weighted by molar-refractivity contribution is 5.94. The highest BCUT2D eigenvalue weighted by atomic mass is 19.1. The molecular weight excluding hydrogens is 361 g/mol. The van der Waals surface area contributed by atoms with Crippen LogP contribution >= 0.6 is 0 Å². The van der Waals surface area contributed by atoms with Gasteiger partial charge in [-0.15, -0.1) is 0 Å². The smallest absolute Gasteiger partial charge is 0.251 e. The van der Waals surface area contributed by atoms with Crippen molar-refractivity contribution >= 4 is 11.8 Å². The van der Waals surface area contributed by atoms with Gasteiger partial charge in [0.1, 0.15) is 11.6 Å². The molecule has 6 nitrogen and oxygen atoms in total. The molecule has 0 bridgehead atoms. The first kappa shape index (κ1) is 20.6. The number of methoxy groups -OCH3 is 1. The van der Waals surface area contributed by atoms with Crippen molar-refractivity contribution in [1.29, 1.82) is 0 Å². The fraction of sp³-hybridized carbons (Fsp3) is 0.619. The molecule has 1 saturated heterocycles. The van der Waals surface area contributed by atoms with Crippen LogP contribution in [-0.2, 0) is 4.79 Å². The van der Waals surface area contributed by atoms with Gasteiger partial charge in [-0.2, -0.15) is 0 Å². The van der Waals surface area contributed by atoms with Gasteiger partial charge in [0.25, 0.3) is 5.91 Å². The second-order valence-corrected chi connectivity index (χ2v) is 8.19. The number of nitrogens with one attached hydrogen (secondary N) is 2. The minimum absolute atomic E-state index is 0.114. The third-order valence-electron chi connectivity index (χ3n) is 5.89. The molecule has 2 fully saturated rings. The van der Waals surface area contributed by atoms with Crippen LogP contribution in [0.4, 0.5) is 4.39 Å². The number of rotatable bonds is 8. The van der Waals surface area contributed by atoms with Gasteiger partial charge >= 0.3 is 0 Å². The van der Waals surface area contributed by atoms with Crippen molar-refractivity contribution in [3.8, 4) is 5.75 Å².